The fraction of sp³-hybridized carbons (Fsp3) is 0.571. The smallest absolute Gasteiger partial charge is 0.241 e. The predicted octanol–water partition coefficient (Wildman–Crippen LogP) is 2.53. The van der Waals surface area contributed by atoms with Crippen molar-refractivity contribution in [3.8, 4) is 11.4 Å². The van der Waals surface area contributed by atoms with Crippen molar-refractivity contribution in [1.29, 1.82) is 0 Å². The van der Waals surface area contributed by atoms with Gasteiger partial charge in [-0.2, -0.15) is 16.3 Å². The number of aliphatic hydroxyl groups excluding tert-OH is 1. The van der Waals surface area contributed by atoms with Crippen molar-refractivity contribution < 1.29 is 9.63 Å². The molecule has 2 unspecified atom stereocenters. The molecule has 1 aliphatic heterocycles. The van der Waals surface area contributed by atoms with Crippen molar-refractivity contribution in [1.82, 2.24) is 15.0 Å². The van der Waals surface area contributed by atoms with Crippen LogP contribution in [0.5, 0.6) is 0 Å². The van der Waals surface area contributed by atoms with E-state index in [2.05, 4.69) is 22.0 Å². The highest BCUT2D eigenvalue weighted by Gasteiger charge is 2.28. The number of hydrogen-bond donors (Lipinski definition) is 1. The van der Waals surface area contributed by atoms with Crippen molar-refractivity contribution >= 4 is 11.3 Å². The highest BCUT2D eigenvalue weighted by molar-refractivity contribution is 7.08. The highest BCUT2D eigenvalue weighted by Crippen LogP contribution is 2.25. The molecule has 1 N–H and O–H groups in total. The second kappa shape index (κ2) is 6.03. The maximum Gasteiger partial charge on any atom is 0.241 e. The molecule has 6 heteroatoms. The molecule has 0 radical (unpaired) electrons. The zero-order valence-corrected chi connectivity index (χ0v) is 12.3. The van der Waals surface area contributed by atoms with Crippen LogP contribution in [0.15, 0.2) is 21.3 Å². The summed E-state index contributed by atoms with van der Waals surface area (Å²) in [6.45, 7) is 3.00. The number of nitrogens with zero attached hydrogens (tertiary/aromatic N) is 3. The summed E-state index contributed by atoms with van der Waals surface area (Å²) in [5.74, 6) is 1.27. The summed E-state index contributed by atoms with van der Waals surface area (Å²) < 4.78 is 5.35. The van der Waals surface area contributed by atoms with E-state index >= 15 is 0 Å². The molecule has 0 amide bonds. The molecule has 0 aliphatic carbocycles. The minimum absolute atomic E-state index is 0.190. The van der Waals surface area contributed by atoms with Crippen LogP contribution in [0.2, 0.25) is 0 Å². The number of rotatable bonds is 4. The highest BCUT2D eigenvalue weighted by atomic mass is 32.1. The monoisotopic (exact) mass is 293 g/mol. The van der Waals surface area contributed by atoms with Crippen LogP contribution in [0.4, 0.5) is 0 Å². The molecule has 1 saturated heterocycles. The van der Waals surface area contributed by atoms with Crippen molar-refractivity contribution in [2.75, 3.05) is 6.61 Å². The van der Waals surface area contributed by atoms with E-state index in [1.165, 1.54) is 6.42 Å². The van der Waals surface area contributed by atoms with Gasteiger partial charge in [0.25, 0.3) is 0 Å². The molecule has 2 aromatic rings. The molecule has 0 aromatic carbocycles. The van der Waals surface area contributed by atoms with Gasteiger partial charge in [0.15, 0.2) is 0 Å². The van der Waals surface area contributed by atoms with E-state index in [0.29, 0.717) is 24.3 Å². The summed E-state index contributed by atoms with van der Waals surface area (Å²) >= 11 is 1.62. The second-order valence-corrected chi connectivity index (χ2v) is 6.09. The molecule has 3 rings (SSSR count). The molecular formula is C14H19N3O2S. The largest absolute Gasteiger partial charge is 0.395 e. The fourth-order valence-corrected chi connectivity index (χ4v) is 3.44. The van der Waals surface area contributed by atoms with Crippen molar-refractivity contribution in [3.05, 3.63) is 22.7 Å². The van der Waals surface area contributed by atoms with Gasteiger partial charge in [-0.25, -0.2) is 0 Å². The topological polar surface area (TPSA) is 62.4 Å². The van der Waals surface area contributed by atoms with E-state index in [1.807, 2.05) is 16.8 Å². The lowest BCUT2D eigenvalue weighted by atomic mass is 9.97. The Morgan fingerprint density at radius 1 is 1.50 bits per heavy atom. The number of piperidine rings is 1. The van der Waals surface area contributed by atoms with E-state index in [0.717, 1.165) is 18.4 Å². The summed E-state index contributed by atoms with van der Waals surface area (Å²) in [6.07, 6.45) is 3.36. The van der Waals surface area contributed by atoms with E-state index in [4.69, 9.17) is 4.52 Å². The Labute approximate surface area is 122 Å². The Kier molecular flexibility index (Phi) is 4.14. The quantitative estimate of drug-likeness (QED) is 0.938. The van der Waals surface area contributed by atoms with Crippen molar-refractivity contribution in [2.45, 2.75) is 44.8 Å². The number of thiophene rings is 1. The lowest BCUT2D eigenvalue weighted by molar-refractivity contribution is 0.0370. The third kappa shape index (κ3) is 2.77. The maximum atomic E-state index is 9.51. The third-order valence-electron chi connectivity index (χ3n) is 3.97. The van der Waals surface area contributed by atoms with Crippen LogP contribution in [0, 0.1) is 0 Å². The second-order valence-electron chi connectivity index (χ2n) is 5.31. The molecule has 20 heavy (non-hydrogen) atoms. The maximum absolute atomic E-state index is 9.51. The van der Waals surface area contributed by atoms with Gasteiger partial charge in [-0.15, -0.1) is 0 Å². The normalized spacial score (nSPS) is 24.1. The first-order valence-corrected chi connectivity index (χ1v) is 7.94. The Bertz CT molecular complexity index is 540. The number of aromatic nitrogens is 2. The van der Waals surface area contributed by atoms with Gasteiger partial charge in [0.05, 0.1) is 13.2 Å². The predicted molar refractivity (Wildman–Crippen MR) is 77.3 cm³/mol. The van der Waals surface area contributed by atoms with Crippen LogP contribution >= 0.6 is 11.3 Å². The Balaban J connectivity index is 1.73. The molecule has 1 aliphatic rings. The van der Waals surface area contributed by atoms with Gasteiger partial charge in [0, 0.05) is 23.0 Å². The molecule has 0 spiro atoms. The van der Waals surface area contributed by atoms with Gasteiger partial charge in [0.1, 0.15) is 0 Å². The van der Waals surface area contributed by atoms with E-state index in [1.54, 1.807) is 11.3 Å². The van der Waals surface area contributed by atoms with Gasteiger partial charge in [-0.3, -0.25) is 4.90 Å². The average molecular weight is 293 g/mol. The van der Waals surface area contributed by atoms with E-state index in [-0.39, 0.29) is 12.6 Å². The van der Waals surface area contributed by atoms with Gasteiger partial charge < -0.3 is 9.63 Å². The van der Waals surface area contributed by atoms with Crippen LogP contribution in [-0.4, -0.2) is 38.8 Å². The molecule has 0 bridgehead atoms. The number of hydrogen-bond acceptors (Lipinski definition) is 6. The first kappa shape index (κ1) is 13.7. The molecule has 0 saturated carbocycles. The van der Waals surface area contributed by atoms with E-state index < -0.39 is 0 Å². The lowest BCUT2D eigenvalue weighted by Gasteiger charge is -2.38. The molecule has 108 valence electrons. The lowest BCUT2D eigenvalue weighted by Crippen LogP contribution is -2.46. The zero-order chi connectivity index (χ0) is 13.9. The minimum Gasteiger partial charge on any atom is -0.395 e. The fourth-order valence-electron chi connectivity index (χ4n) is 2.81. The summed E-state index contributed by atoms with van der Waals surface area (Å²) in [5, 5.41) is 17.5. The van der Waals surface area contributed by atoms with Gasteiger partial charge in [-0.1, -0.05) is 11.6 Å². The molecular weight excluding hydrogens is 274 g/mol. The Morgan fingerprint density at radius 3 is 3.15 bits per heavy atom. The van der Waals surface area contributed by atoms with Gasteiger partial charge >= 0.3 is 0 Å². The third-order valence-corrected chi connectivity index (χ3v) is 4.65. The minimum atomic E-state index is 0.190. The molecule has 3 heterocycles. The van der Waals surface area contributed by atoms with Crippen molar-refractivity contribution in [3.63, 3.8) is 0 Å². The summed E-state index contributed by atoms with van der Waals surface area (Å²) in [7, 11) is 0. The van der Waals surface area contributed by atoms with Crippen LogP contribution < -0.4 is 0 Å². The summed E-state index contributed by atoms with van der Waals surface area (Å²) in [4.78, 5) is 6.73. The number of likely N-dealkylation sites (tertiary alicyclic amines) is 1. The van der Waals surface area contributed by atoms with Crippen LogP contribution in [0.3, 0.4) is 0 Å². The van der Waals surface area contributed by atoms with Gasteiger partial charge in [-0.05, 0) is 31.2 Å². The van der Waals surface area contributed by atoms with Crippen molar-refractivity contribution in [2.24, 2.45) is 0 Å². The standard InChI is InChI=1S/C14H19N3O2S/c1-10-3-2-4-12(8-18)17(10)7-13-15-14(16-19-13)11-5-6-20-9-11/h5-6,9-10,12,18H,2-4,7-8H2,1H3. The Morgan fingerprint density at radius 2 is 2.40 bits per heavy atom. The van der Waals surface area contributed by atoms with Crippen LogP contribution in [0.1, 0.15) is 32.1 Å². The summed E-state index contributed by atoms with van der Waals surface area (Å²) in [5.41, 5.74) is 0.996. The average Bonchev–Trinajstić information content (AvgIpc) is 3.11. The summed E-state index contributed by atoms with van der Waals surface area (Å²) in [6, 6.07) is 2.63. The first-order chi connectivity index (χ1) is 9.78. The molecule has 1 fully saturated rings. The SMILES string of the molecule is CC1CCCC(CO)N1Cc1nc(-c2ccsc2)no1. The van der Waals surface area contributed by atoms with E-state index in [9.17, 15) is 5.11 Å². The van der Waals surface area contributed by atoms with Crippen LogP contribution in [0.25, 0.3) is 11.4 Å². The first-order valence-electron chi connectivity index (χ1n) is 6.99. The zero-order valence-electron chi connectivity index (χ0n) is 11.5. The molecule has 2 atom stereocenters. The van der Waals surface area contributed by atoms with Gasteiger partial charge in [0.2, 0.25) is 11.7 Å². The van der Waals surface area contributed by atoms with Crippen LogP contribution in [-0.2, 0) is 6.54 Å². The molecule has 5 nitrogen and oxygen atoms in total. The molecule has 2 aromatic heterocycles. The number of aliphatic hydroxyl groups is 1. The Hall–Kier alpha value is -1.24.